The van der Waals surface area contributed by atoms with E-state index < -0.39 is 0 Å². The van der Waals surface area contributed by atoms with Gasteiger partial charge in [0.1, 0.15) is 21.5 Å². The molecule has 0 amide bonds. The SMILES string of the molecule is CCCCCCCOc1ccc(-c2nnc(-c3ccc(OCCCCCC)cc3)s2)cc1. The van der Waals surface area contributed by atoms with E-state index in [0.717, 1.165) is 58.7 Å². The molecule has 5 heteroatoms. The van der Waals surface area contributed by atoms with E-state index in [1.54, 1.807) is 11.3 Å². The number of aromatic nitrogens is 2. The second-order valence-corrected chi connectivity index (χ2v) is 9.11. The average Bonchev–Trinajstić information content (AvgIpc) is 3.32. The van der Waals surface area contributed by atoms with Crippen molar-refractivity contribution in [2.24, 2.45) is 0 Å². The highest BCUT2D eigenvalue weighted by Gasteiger charge is 2.09. The molecule has 0 fully saturated rings. The molecule has 2 aromatic carbocycles. The first-order valence-electron chi connectivity index (χ1n) is 12.1. The Labute approximate surface area is 197 Å². The number of ether oxygens (including phenoxy) is 2. The lowest BCUT2D eigenvalue weighted by Crippen LogP contribution is -1.97. The Kier molecular flexibility index (Phi) is 10.5. The summed E-state index contributed by atoms with van der Waals surface area (Å²) in [7, 11) is 0. The molecule has 4 nitrogen and oxygen atoms in total. The molecule has 1 aromatic heterocycles. The van der Waals surface area contributed by atoms with Crippen LogP contribution in [0.15, 0.2) is 48.5 Å². The van der Waals surface area contributed by atoms with Gasteiger partial charge >= 0.3 is 0 Å². The van der Waals surface area contributed by atoms with Crippen molar-refractivity contribution in [3.63, 3.8) is 0 Å². The van der Waals surface area contributed by atoms with Crippen LogP contribution in [0.1, 0.15) is 71.6 Å². The average molecular weight is 453 g/mol. The van der Waals surface area contributed by atoms with Gasteiger partial charge in [0.05, 0.1) is 13.2 Å². The van der Waals surface area contributed by atoms with Crippen molar-refractivity contribution in [2.75, 3.05) is 13.2 Å². The van der Waals surface area contributed by atoms with Crippen molar-refractivity contribution in [3.05, 3.63) is 48.5 Å². The summed E-state index contributed by atoms with van der Waals surface area (Å²) in [5.74, 6) is 1.83. The van der Waals surface area contributed by atoms with Gasteiger partial charge in [0.25, 0.3) is 0 Å². The molecule has 0 aliphatic rings. The quantitative estimate of drug-likeness (QED) is 0.218. The number of benzene rings is 2. The maximum Gasteiger partial charge on any atom is 0.148 e. The van der Waals surface area contributed by atoms with Crippen molar-refractivity contribution >= 4 is 11.3 Å². The number of unbranched alkanes of at least 4 members (excludes halogenated alkanes) is 7. The van der Waals surface area contributed by atoms with Gasteiger partial charge in [-0.25, -0.2) is 0 Å². The lowest BCUT2D eigenvalue weighted by Gasteiger charge is -2.06. The van der Waals surface area contributed by atoms with Gasteiger partial charge in [-0.05, 0) is 61.4 Å². The molecule has 0 atom stereocenters. The molecule has 0 N–H and O–H groups in total. The first kappa shape index (κ1) is 24.2. The van der Waals surface area contributed by atoms with E-state index in [-0.39, 0.29) is 0 Å². The van der Waals surface area contributed by atoms with Crippen LogP contribution in [0.4, 0.5) is 0 Å². The molecule has 0 unspecified atom stereocenters. The Hall–Kier alpha value is -2.40. The molecule has 32 heavy (non-hydrogen) atoms. The van der Waals surface area contributed by atoms with Gasteiger partial charge in [0.2, 0.25) is 0 Å². The Morgan fingerprint density at radius 2 is 0.969 bits per heavy atom. The highest BCUT2D eigenvalue weighted by molar-refractivity contribution is 7.17. The fourth-order valence-corrected chi connectivity index (χ4v) is 4.31. The van der Waals surface area contributed by atoms with Gasteiger partial charge in [0.15, 0.2) is 0 Å². The lowest BCUT2D eigenvalue weighted by molar-refractivity contribution is 0.304. The van der Waals surface area contributed by atoms with Crippen molar-refractivity contribution < 1.29 is 9.47 Å². The van der Waals surface area contributed by atoms with Crippen molar-refractivity contribution in [1.82, 2.24) is 10.2 Å². The predicted molar refractivity (Wildman–Crippen MR) is 135 cm³/mol. The third kappa shape index (κ3) is 7.94. The Balaban J connectivity index is 1.48. The fourth-order valence-electron chi connectivity index (χ4n) is 3.46. The zero-order valence-electron chi connectivity index (χ0n) is 19.5. The van der Waals surface area contributed by atoms with Crippen LogP contribution in [0.25, 0.3) is 21.1 Å². The molecule has 3 aromatic rings. The summed E-state index contributed by atoms with van der Waals surface area (Å²) in [5, 5.41) is 10.6. The molecule has 0 radical (unpaired) electrons. The largest absolute Gasteiger partial charge is 0.494 e. The number of hydrogen-bond donors (Lipinski definition) is 0. The fraction of sp³-hybridized carbons (Fsp3) is 0.481. The summed E-state index contributed by atoms with van der Waals surface area (Å²) in [4.78, 5) is 0. The summed E-state index contributed by atoms with van der Waals surface area (Å²) in [6, 6.07) is 16.3. The van der Waals surface area contributed by atoms with E-state index in [9.17, 15) is 0 Å². The first-order valence-corrected chi connectivity index (χ1v) is 12.9. The zero-order valence-corrected chi connectivity index (χ0v) is 20.3. The number of hydrogen-bond acceptors (Lipinski definition) is 5. The smallest absolute Gasteiger partial charge is 0.148 e. The normalized spacial score (nSPS) is 10.9. The van der Waals surface area contributed by atoms with Gasteiger partial charge in [0, 0.05) is 11.1 Å². The van der Waals surface area contributed by atoms with Crippen molar-refractivity contribution in [2.45, 2.75) is 71.6 Å². The second kappa shape index (κ2) is 13.9. The van der Waals surface area contributed by atoms with Gasteiger partial charge in [-0.3, -0.25) is 0 Å². The highest BCUT2D eigenvalue weighted by Crippen LogP contribution is 2.31. The van der Waals surface area contributed by atoms with Crippen LogP contribution in [-0.2, 0) is 0 Å². The highest BCUT2D eigenvalue weighted by atomic mass is 32.1. The van der Waals surface area contributed by atoms with Crippen LogP contribution in [0.3, 0.4) is 0 Å². The van der Waals surface area contributed by atoms with Crippen LogP contribution in [0, 0.1) is 0 Å². The van der Waals surface area contributed by atoms with Gasteiger partial charge < -0.3 is 9.47 Å². The van der Waals surface area contributed by atoms with Crippen LogP contribution in [-0.4, -0.2) is 23.4 Å². The van der Waals surface area contributed by atoms with E-state index in [2.05, 4.69) is 48.3 Å². The second-order valence-electron chi connectivity index (χ2n) is 8.13. The molecule has 3 rings (SSSR count). The number of nitrogens with zero attached hydrogens (tertiary/aromatic N) is 2. The van der Waals surface area contributed by atoms with E-state index in [0.29, 0.717) is 0 Å². The lowest BCUT2D eigenvalue weighted by atomic mass is 10.2. The monoisotopic (exact) mass is 452 g/mol. The van der Waals surface area contributed by atoms with Gasteiger partial charge in [-0.2, -0.15) is 0 Å². The van der Waals surface area contributed by atoms with E-state index in [4.69, 9.17) is 9.47 Å². The van der Waals surface area contributed by atoms with Gasteiger partial charge in [-0.15, -0.1) is 10.2 Å². The van der Waals surface area contributed by atoms with Crippen LogP contribution >= 0.6 is 11.3 Å². The first-order chi connectivity index (χ1) is 15.8. The molecular weight excluding hydrogens is 416 g/mol. The predicted octanol–water partition coefficient (Wildman–Crippen LogP) is 8.18. The summed E-state index contributed by atoms with van der Waals surface area (Å²) in [6.07, 6.45) is 11.1. The van der Waals surface area contributed by atoms with E-state index >= 15 is 0 Å². The molecule has 0 bridgehead atoms. The molecule has 0 spiro atoms. The Morgan fingerprint density at radius 1 is 0.562 bits per heavy atom. The van der Waals surface area contributed by atoms with Crippen LogP contribution in [0.5, 0.6) is 11.5 Å². The molecule has 0 saturated heterocycles. The van der Waals surface area contributed by atoms with Gasteiger partial charge in [-0.1, -0.05) is 70.1 Å². The Morgan fingerprint density at radius 3 is 1.41 bits per heavy atom. The standard InChI is InChI=1S/C27H36N2O2S/c1-3-5-7-9-11-21-31-25-18-14-23(15-19-25)27-29-28-26(32-27)22-12-16-24(17-13-22)30-20-10-8-6-4-2/h12-19H,3-11,20-21H2,1-2H3. The molecular formula is C27H36N2O2S. The molecule has 0 aliphatic carbocycles. The van der Waals surface area contributed by atoms with E-state index in [1.807, 2.05) is 24.3 Å². The summed E-state index contributed by atoms with van der Waals surface area (Å²) >= 11 is 1.60. The minimum absolute atomic E-state index is 0.779. The summed E-state index contributed by atoms with van der Waals surface area (Å²) in [5.41, 5.74) is 2.13. The number of rotatable bonds is 15. The minimum Gasteiger partial charge on any atom is -0.494 e. The van der Waals surface area contributed by atoms with Crippen molar-refractivity contribution in [3.8, 4) is 32.6 Å². The maximum atomic E-state index is 5.87. The third-order valence-corrected chi connectivity index (χ3v) is 6.43. The van der Waals surface area contributed by atoms with E-state index in [1.165, 1.54) is 44.9 Å². The minimum atomic E-state index is 0.779. The maximum absolute atomic E-state index is 5.87. The summed E-state index contributed by atoms with van der Waals surface area (Å²) < 4.78 is 11.7. The molecule has 172 valence electrons. The van der Waals surface area contributed by atoms with Crippen LogP contribution in [0.2, 0.25) is 0 Å². The third-order valence-electron chi connectivity index (χ3n) is 5.41. The Bertz CT molecular complexity index is 891. The molecule has 0 saturated carbocycles. The topological polar surface area (TPSA) is 44.2 Å². The summed E-state index contributed by atoms with van der Waals surface area (Å²) in [6.45, 7) is 6.02. The van der Waals surface area contributed by atoms with Crippen LogP contribution < -0.4 is 9.47 Å². The zero-order chi connectivity index (χ0) is 22.4. The molecule has 0 aliphatic heterocycles. The molecule has 1 heterocycles. The van der Waals surface area contributed by atoms with Crippen molar-refractivity contribution in [1.29, 1.82) is 0 Å².